The molecule has 1 atom stereocenters. The van der Waals surface area contributed by atoms with E-state index < -0.39 is 0 Å². The Bertz CT molecular complexity index is 535. The SMILES string of the molecule is Cc1ccc(-c2nccn2C[C@]2(C)CCCO2)o1. The van der Waals surface area contributed by atoms with Crippen LogP contribution in [0.2, 0.25) is 0 Å². The highest BCUT2D eigenvalue weighted by molar-refractivity contribution is 5.47. The summed E-state index contributed by atoms with van der Waals surface area (Å²) in [5.74, 6) is 2.60. The van der Waals surface area contributed by atoms with E-state index in [1.54, 1.807) is 0 Å². The Hall–Kier alpha value is -1.55. The predicted molar refractivity (Wildman–Crippen MR) is 68.3 cm³/mol. The van der Waals surface area contributed by atoms with E-state index in [2.05, 4.69) is 16.5 Å². The molecule has 18 heavy (non-hydrogen) atoms. The Balaban J connectivity index is 1.87. The van der Waals surface area contributed by atoms with Gasteiger partial charge in [-0.25, -0.2) is 4.98 Å². The number of aryl methyl sites for hydroxylation is 1. The van der Waals surface area contributed by atoms with Crippen molar-refractivity contribution in [1.82, 2.24) is 9.55 Å². The molecular weight excluding hydrogens is 228 g/mol. The number of rotatable bonds is 3. The van der Waals surface area contributed by atoms with E-state index in [9.17, 15) is 0 Å². The van der Waals surface area contributed by atoms with Gasteiger partial charge in [0.2, 0.25) is 0 Å². The van der Waals surface area contributed by atoms with Crippen LogP contribution in [0.25, 0.3) is 11.6 Å². The van der Waals surface area contributed by atoms with Gasteiger partial charge >= 0.3 is 0 Å². The van der Waals surface area contributed by atoms with Crippen molar-refractivity contribution in [3.63, 3.8) is 0 Å². The van der Waals surface area contributed by atoms with Crippen molar-refractivity contribution in [2.45, 2.75) is 38.8 Å². The molecule has 3 heterocycles. The summed E-state index contributed by atoms with van der Waals surface area (Å²) in [5.41, 5.74) is -0.0723. The van der Waals surface area contributed by atoms with E-state index in [1.165, 1.54) is 0 Å². The second kappa shape index (κ2) is 4.28. The molecule has 1 saturated heterocycles. The van der Waals surface area contributed by atoms with Crippen molar-refractivity contribution in [3.05, 3.63) is 30.3 Å². The average Bonchev–Trinajstić information content (AvgIpc) is 3.01. The highest BCUT2D eigenvalue weighted by Gasteiger charge is 2.31. The van der Waals surface area contributed by atoms with Crippen LogP contribution in [0, 0.1) is 6.92 Å². The quantitative estimate of drug-likeness (QED) is 0.835. The van der Waals surface area contributed by atoms with Crippen LogP contribution >= 0.6 is 0 Å². The fourth-order valence-corrected chi connectivity index (χ4v) is 2.54. The zero-order valence-electron chi connectivity index (χ0n) is 10.8. The van der Waals surface area contributed by atoms with Crippen LogP contribution in [0.3, 0.4) is 0 Å². The van der Waals surface area contributed by atoms with Crippen molar-refractivity contribution in [1.29, 1.82) is 0 Å². The molecule has 4 heteroatoms. The summed E-state index contributed by atoms with van der Waals surface area (Å²) in [6.07, 6.45) is 6.04. The van der Waals surface area contributed by atoms with Gasteiger partial charge in [0.15, 0.2) is 11.6 Å². The Kier molecular flexibility index (Phi) is 2.74. The summed E-state index contributed by atoms with van der Waals surface area (Å²) in [7, 11) is 0. The maximum absolute atomic E-state index is 5.83. The lowest BCUT2D eigenvalue weighted by Crippen LogP contribution is -2.29. The summed E-state index contributed by atoms with van der Waals surface area (Å²) >= 11 is 0. The summed E-state index contributed by atoms with van der Waals surface area (Å²) in [5, 5.41) is 0. The Morgan fingerprint density at radius 3 is 3.00 bits per heavy atom. The van der Waals surface area contributed by atoms with Gasteiger partial charge in [-0.2, -0.15) is 0 Å². The van der Waals surface area contributed by atoms with Gasteiger partial charge in [-0.15, -0.1) is 0 Å². The molecule has 3 rings (SSSR count). The molecule has 1 aliphatic rings. The fourth-order valence-electron chi connectivity index (χ4n) is 2.54. The van der Waals surface area contributed by atoms with Crippen LogP contribution in [0.15, 0.2) is 28.9 Å². The van der Waals surface area contributed by atoms with Gasteiger partial charge in [-0.05, 0) is 38.8 Å². The molecule has 0 unspecified atom stereocenters. The van der Waals surface area contributed by atoms with E-state index in [0.717, 1.165) is 43.3 Å². The van der Waals surface area contributed by atoms with Gasteiger partial charge in [0.1, 0.15) is 5.76 Å². The molecule has 1 fully saturated rings. The van der Waals surface area contributed by atoms with Crippen LogP contribution in [0.4, 0.5) is 0 Å². The summed E-state index contributed by atoms with van der Waals surface area (Å²) < 4.78 is 13.6. The van der Waals surface area contributed by atoms with Crippen LogP contribution < -0.4 is 0 Å². The Morgan fingerprint density at radius 1 is 1.44 bits per heavy atom. The van der Waals surface area contributed by atoms with Crippen molar-refractivity contribution >= 4 is 0 Å². The van der Waals surface area contributed by atoms with Gasteiger partial charge in [-0.1, -0.05) is 0 Å². The summed E-state index contributed by atoms with van der Waals surface area (Å²) in [4.78, 5) is 4.39. The second-order valence-electron chi connectivity index (χ2n) is 5.19. The molecule has 0 aromatic carbocycles. The number of nitrogens with zero attached hydrogens (tertiary/aromatic N) is 2. The number of imidazole rings is 1. The number of furan rings is 1. The largest absolute Gasteiger partial charge is 0.458 e. The van der Waals surface area contributed by atoms with E-state index >= 15 is 0 Å². The molecule has 2 aromatic rings. The van der Waals surface area contributed by atoms with Gasteiger partial charge in [0.25, 0.3) is 0 Å². The number of hydrogen-bond donors (Lipinski definition) is 0. The topological polar surface area (TPSA) is 40.2 Å². The summed E-state index contributed by atoms with van der Waals surface area (Å²) in [6, 6.07) is 3.92. The maximum atomic E-state index is 5.83. The second-order valence-corrected chi connectivity index (χ2v) is 5.19. The minimum atomic E-state index is -0.0723. The van der Waals surface area contributed by atoms with Crippen molar-refractivity contribution in [2.24, 2.45) is 0 Å². The van der Waals surface area contributed by atoms with Crippen molar-refractivity contribution in [2.75, 3.05) is 6.61 Å². The number of hydrogen-bond acceptors (Lipinski definition) is 3. The molecule has 1 aliphatic heterocycles. The highest BCUT2D eigenvalue weighted by atomic mass is 16.5. The van der Waals surface area contributed by atoms with E-state index in [4.69, 9.17) is 9.15 Å². The molecule has 0 amide bonds. The molecule has 0 saturated carbocycles. The lowest BCUT2D eigenvalue weighted by atomic mass is 10.0. The van der Waals surface area contributed by atoms with Crippen molar-refractivity contribution in [3.8, 4) is 11.6 Å². The molecule has 96 valence electrons. The van der Waals surface area contributed by atoms with Crippen molar-refractivity contribution < 1.29 is 9.15 Å². The third-order valence-corrected chi connectivity index (χ3v) is 3.48. The van der Waals surface area contributed by atoms with Crippen LogP contribution in [-0.2, 0) is 11.3 Å². The van der Waals surface area contributed by atoms with E-state index in [1.807, 2.05) is 31.5 Å². The van der Waals surface area contributed by atoms with Gasteiger partial charge in [-0.3, -0.25) is 0 Å². The number of ether oxygens (including phenoxy) is 1. The Morgan fingerprint density at radius 2 is 2.33 bits per heavy atom. The lowest BCUT2D eigenvalue weighted by molar-refractivity contribution is 0.00651. The van der Waals surface area contributed by atoms with Crippen LogP contribution in [0.1, 0.15) is 25.5 Å². The zero-order valence-corrected chi connectivity index (χ0v) is 10.8. The fraction of sp³-hybridized carbons (Fsp3) is 0.500. The predicted octanol–water partition coefficient (Wildman–Crippen LogP) is 3.02. The molecule has 0 radical (unpaired) electrons. The first-order chi connectivity index (χ1) is 8.66. The Labute approximate surface area is 107 Å². The molecule has 0 spiro atoms. The first-order valence-corrected chi connectivity index (χ1v) is 6.38. The average molecular weight is 246 g/mol. The maximum Gasteiger partial charge on any atom is 0.176 e. The van der Waals surface area contributed by atoms with Gasteiger partial charge < -0.3 is 13.7 Å². The zero-order chi connectivity index (χ0) is 12.6. The van der Waals surface area contributed by atoms with Crippen LogP contribution in [-0.4, -0.2) is 21.8 Å². The molecule has 4 nitrogen and oxygen atoms in total. The lowest BCUT2D eigenvalue weighted by Gasteiger charge is -2.24. The monoisotopic (exact) mass is 246 g/mol. The standard InChI is InChI=1S/C14H18N2O2/c1-11-4-5-12(18-11)13-15-7-8-16(13)10-14(2)6-3-9-17-14/h4-5,7-8H,3,6,9-10H2,1-2H3/t14-/m0/s1. The first-order valence-electron chi connectivity index (χ1n) is 6.38. The normalized spacial score (nSPS) is 23.7. The molecule has 2 aromatic heterocycles. The molecule has 0 aliphatic carbocycles. The van der Waals surface area contributed by atoms with Crippen LogP contribution in [0.5, 0.6) is 0 Å². The number of aromatic nitrogens is 2. The van der Waals surface area contributed by atoms with E-state index in [-0.39, 0.29) is 5.60 Å². The van der Waals surface area contributed by atoms with Gasteiger partial charge in [0, 0.05) is 19.0 Å². The first kappa shape index (κ1) is 11.5. The third kappa shape index (κ3) is 2.08. The molecule has 0 bridgehead atoms. The van der Waals surface area contributed by atoms with E-state index in [0.29, 0.717) is 0 Å². The minimum Gasteiger partial charge on any atom is -0.458 e. The smallest absolute Gasteiger partial charge is 0.176 e. The summed E-state index contributed by atoms with van der Waals surface area (Å²) in [6.45, 7) is 5.79. The van der Waals surface area contributed by atoms with Gasteiger partial charge in [0.05, 0.1) is 12.1 Å². The molecular formula is C14H18N2O2. The minimum absolute atomic E-state index is 0.0723. The molecule has 0 N–H and O–H groups in total. The highest BCUT2D eigenvalue weighted by Crippen LogP contribution is 2.29. The third-order valence-electron chi connectivity index (χ3n) is 3.48.